The van der Waals surface area contributed by atoms with Crippen LogP contribution in [0, 0.1) is 6.92 Å². The Morgan fingerprint density at radius 1 is 1.36 bits per heavy atom. The van der Waals surface area contributed by atoms with Gasteiger partial charge in [-0.3, -0.25) is 14.3 Å². The molecule has 0 aliphatic heterocycles. The van der Waals surface area contributed by atoms with E-state index in [1.54, 1.807) is 49.2 Å². The Bertz CT molecular complexity index is 707. The van der Waals surface area contributed by atoms with E-state index in [-0.39, 0.29) is 43.2 Å². The third kappa shape index (κ3) is 5.95. The number of nitrogens with two attached hydrogens (primary N) is 1. The number of anilines is 2. The largest absolute Gasteiger partial charge is 0.399 e. The standard InChI is InChI=1S/C16H21N5O2.2ClH/c1-11-5-6-13(17)9-14(11)19-15(22)10-20(3)16(23)12(2)21-8-4-7-18-21;;/h4-9,12H,10,17H2,1-3H3,(H,19,22);2*1H. The number of nitrogens with zero attached hydrogens (tertiary/aromatic N) is 3. The van der Waals surface area contributed by atoms with Gasteiger partial charge in [0.25, 0.3) is 0 Å². The number of carbonyl (C=O) groups is 2. The number of hydrogen-bond acceptors (Lipinski definition) is 4. The van der Waals surface area contributed by atoms with Gasteiger partial charge in [-0.15, -0.1) is 24.8 Å². The van der Waals surface area contributed by atoms with Gasteiger partial charge < -0.3 is 16.0 Å². The van der Waals surface area contributed by atoms with Crippen LogP contribution in [0.5, 0.6) is 0 Å². The van der Waals surface area contributed by atoms with Crippen LogP contribution in [0.2, 0.25) is 0 Å². The second-order valence-electron chi connectivity index (χ2n) is 5.48. The molecule has 1 aromatic heterocycles. The Balaban J connectivity index is 0.00000288. The first-order chi connectivity index (χ1) is 10.9. The lowest BCUT2D eigenvalue weighted by Crippen LogP contribution is -2.38. The van der Waals surface area contributed by atoms with Gasteiger partial charge in [0.05, 0.1) is 6.54 Å². The first-order valence-corrected chi connectivity index (χ1v) is 7.28. The van der Waals surface area contributed by atoms with E-state index >= 15 is 0 Å². The van der Waals surface area contributed by atoms with Crippen molar-refractivity contribution in [3.8, 4) is 0 Å². The van der Waals surface area contributed by atoms with E-state index in [1.165, 1.54) is 4.90 Å². The maximum absolute atomic E-state index is 12.3. The number of halogens is 2. The maximum Gasteiger partial charge on any atom is 0.247 e. The quantitative estimate of drug-likeness (QED) is 0.769. The molecule has 1 aromatic carbocycles. The van der Waals surface area contributed by atoms with Gasteiger partial charge in [0.2, 0.25) is 11.8 Å². The number of amides is 2. The molecule has 2 rings (SSSR count). The van der Waals surface area contributed by atoms with E-state index in [0.29, 0.717) is 11.4 Å². The maximum atomic E-state index is 12.3. The zero-order valence-electron chi connectivity index (χ0n) is 14.3. The summed E-state index contributed by atoms with van der Waals surface area (Å²) in [4.78, 5) is 25.8. The highest BCUT2D eigenvalue weighted by molar-refractivity contribution is 5.95. The molecule has 1 unspecified atom stereocenters. The summed E-state index contributed by atoms with van der Waals surface area (Å²) in [5, 5.41) is 6.82. The Labute approximate surface area is 159 Å². The lowest BCUT2D eigenvalue weighted by Gasteiger charge is -2.21. The predicted octanol–water partition coefficient (Wildman–Crippen LogP) is 2.28. The number of nitrogen functional groups attached to an aromatic ring is 1. The molecule has 2 amide bonds. The molecule has 0 bridgehead atoms. The zero-order valence-corrected chi connectivity index (χ0v) is 15.9. The van der Waals surface area contributed by atoms with Gasteiger partial charge in [-0.1, -0.05) is 6.07 Å². The molecular formula is C16H23Cl2N5O2. The molecule has 0 aliphatic rings. The summed E-state index contributed by atoms with van der Waals surface area (Å²) in [5.41, 5.74) is 7.85. The summed E-state index contributed by atoms with van der Waals surface area (Å²) >= 11 is 0. The molecule has 0 fully saturated rings. The van der Waals surface area contributed by atoms with E-state index in [2.05, 4.69) is 10.4 Å². The molecule has 2 aromatic rings. The summed E-state index contributed by atoms with van der Waals surface area (Å²) in [7, 11) is 1.59. The second kappa shape index (κ2) is 9.90. The van der Waals surface area contributed by atoms with Gasteiger partial charge in [-0.05, 0) is 37.6 Å². The topological polar surface area (TPSA) is 93.3 Å². The van der Waals surface area contributed by atoms with Crippen molar-refractivity contribution in [2.75, 3.05) is 24.6 Å². The Morgan fingerprint density at radius 2 is 2.04 bits per heavy atom. The van der Waals surface area contributed by atoms with Crippen LogP contribution < -0.4 is 11.1 Å². The van der Waals surface area contributed by atoms with Gasteiger partial charge in [-0.25, -0.2) is 0 Å². The van der Waals surface area contributed by atoms with Gasteiger partial charge in [0.1, 0.15) is 6.04 Å². The molecule has 0 radical (unpaired) electrons. The highest BCUT2D eigenvalue weighted by Gasteiger charge is 2.21. The van der Waals surface area contributed by atoms with Crippen molar-refractivity contribution in [3.63, 3.8) is 0 Å². The fourth-order valence-electron chi connectivity index (χ4n) is 2.20. The van der Waals surface area contributed by atoms with Gasteiger partial charge in [-0.2, -0.15) is 5.10 Å². The number of hydrogen-bond donors (Lipinski definition) is 2. The average molecular weight is 388 g/mol. The lowest BCUT2D eigenvalue weighted by atomic mass is 10.2. The van der Waals surface area contributed by atoms with E-state index in [4.69, 9.17) is 5.73 Å². The first-order valence-electron chi connectivity index (χ1n) is 7.28. The number of aromatic nitrogens is 2. The van der Waals surface area contributed by atoms with Crippen molar-refractivity contribution in [2.24, 2.45) is 0 Å². The predicted molar refractivity (Wildman–Crippen MR) is 103 cm³/mol. The number of nitrogens with one attached hydrogen (secondary N) is 1. The first kappa shape index (κ1) is 22.8. The van der Waals surface area contributed by atoms with Crippen LogP contribution in [0.3, 0.4) is 0 Å². The van der Waals surface area contributed by atoms with Crippen LogP contribution in [-0.2, 0) is 9.59 Å². The molecule has 0 aliphatic carbocycles. The molecule has 0 spiro atoms. The zero-order chi connectivity index (χ0) is 17.0. The number of carbonyl (C=O) groups excluding carboxylic acids is 2. The monoisotopic (exact) mass is 387 g/mol. The fourth-order valence-corrected chi connectivity index (χ4v) is 2.20. The molecule has 0 saturated heterocycles. The van der Waals surface area contributed by atoms with Crippen molar-refractivity contribution in [1.82, 2.24) is 14.7 Å². The summed E-state index contributed by atoms with van der Waals surface area (Å²) in [5.74, 6) is -0.463. The fraction of sp³-hybridized carbons (Fsp3) is 0.312. The Kier molecular flexibility index (Phi) is 9.01. The smallest absolute Gasteiger partial charge is 0.247 e. The number of rotatable bonds is 5. The minimum Gasteiger partial charge on any atom is -0.399 e. The summed E-state index contributed by atoms with van der Waals surface area (Å²) in [6.45, 7) is 3.58. The Hall–Kier alpha value is -2.25. The van der Waals surface area contributed by atoms with Gasteiger partial charge in [0.15, 0.2) is 0 Å². The third-order valence-corrected chi connectivity index (χ3v) is 3.57. The van der Waals surface area contributed by atoms with Crippen LogP contribution in [-0.4, -0.2) is 40.1 Å². The van der Waals surface area contributed by atoms with E-state index in [1.807, 2.05) is 13.0 Å². The lowest BCUT2D eigenvalue weighted by molar-refractivity contribution is -0.136. The van der Waals surface area contributed by atoms with Crippen molar-refractivity contribution >= 4 is 48.0 Å². The minimum absolute atomic E-state index is 0. The number of aryl methyl sites for hydroxylation is 1. The highest BCUT2D eigenvalue weighted by atomic mass is 35.5. The number of benzene rings is 1. The summed E-state index contributed by atoms with van der Waals surface area (Å²) in [6.07, 6.45) is 3.33. The molecular weight excluding hydrogens is 365 g/mol. The molecule has 7 nitrogen and oxygen atoms in total. The SMILES string of the molecule is Cc1ccc(N)cc1NC(=O)CN(C)C(=O)C(C)n1cccn1.Cl.Cl. The molecule has 1 heterocycles. The van der Waals surface area contributed by atoms with Crippen molar-refractivity contribution in [1.29, 1.82) is 0 Å². The van der Waals surface area contributed by atoms with Gasteiger partial charge >= 0.3 is 0 Å². The van der Waals surface area contributed by atoms with Crippen LogP contribution in [0.1, 0.15) is 18.5 Å². The molecule has 3 N–H and O–H groups in total. The molecule has 138 valence electrons. The molecule has 9 heteroatoms. The molecule has 25 heavy (non-hydrogen) atoms. The number of likely N-dealkylation sites (N-methyl/N-ethyl adjacent to an activating group) is 1. The van der Waals surface area contributed by atoms with Crippen molar-refractivity contribution in [3.05, 3.63) is 42.2 Å². The molecule has 0 saturated carbocycles. The average Bonchev–Trinajstić information content (AvgIpc) is 3.03. The third-order valence-electron chi connectivity index (χ3n) is 3.57. The van der Waals surface area contributed by atoms with E-state index in [9.17, 15) is 9.59 Å². The van der Waals surface area contributed by atoms with E-state index < -0.39 is 6.04 Å². The van der Waals surface area contributed by atoms with Gasteiger partial charge in [0, 0.05) is 30.8 Å². The van der Waals surface area contributed by atoms with Crippen LogP contribution >= 0.6 is 24.8 Å². The molecule has 1 atom stereocenters. The van der Waals surface area contributed by atoms with Crippen LogP contribution in [0.25, 0.3) is 0 Å². The van der Waals surface area contributed by atoms with Crippen molar-refractivity contribution < 1.29 is 9.59 Å². The van der Waals surface area contributed by atoms with Crippen molar-refractivity contribution in [2.45, 2.75) is 19.9 Å². The minimum atomic E-state index is -0.461. The van der Waals surface area contributed by atoms with Crippen LogP contribution in [0.15, 0.2) is 36.7 Å². The Morgan fingerprint density at radius 3 is 2.64 bits per heavy atom. The summed E-state index contributed by atoms with van der Waals surface area (Å²) < 4.78 is 1.55. The second-order valence-corrected chi connectivity index (χ2v) is 5.48. The van der Waals surface area contributed by atoms with Crippen LogP contribution in [0.4, 0.5) is 11.4 Å². The van der Waals surface area contributed by atoms with E-state index in [0.717, 1.165) is 5.56 Å². The normalized spacial score (nSPS) is 10.8. The summed E-state index contributed by atoms with van der Waals surface area (Å²) in [6, 6.07) is 6.59. The highest BCUT2D eigenvalue weighted by Crippen LogP contribution is 2.18.